The summed E-state index contributed by atoms with van der Waals surface area (Å²) in [5.41, 5.74) is 0. The van der Waals surface area contributed by atoms with Gasteiger partial charge in [-0.2, -0.15) is 0 Å². The summed E-state index contributed by atoms with van der Waals surface area (Å²) in [5.74, 6) is -0.604. The smallest absolute Gasteiger partial charge is 0.306 e. The Bertz CT molecular complexity index is 1660. The molecule has 1 N–H and O–H groups in total. The van der Waals surface area contributed by atoms with Crippen LogP contribution in [0.2, 0.25) is 0 Å². The van der Waals surface area contributed by atoms with Crippen LogP contribution in [-0.4, -0.2) is 69.4 Å². The number of nitrogens with one attached hydrogen (secondary N) is 1. The van der Waals surface area contributed by atoms with Gasteiger partial charge in [-0.15, -0.1) is 0 Å². The van der Waals surface area contributed by atoms with Gasteiger partial charge < -0.3 is 28.5 Å². The fourth-order valence-electron chi connectivity index (χ4n) is 9.61. The normalized spacial score (nSPS) is 14.1. The Hall–Kier alpha value is -2.81. The van der Waals surface area contributed by atoms with Crippen LogP contribution in [0.3, 0.4) is 0 Å². The monoisotopic (exact) mass is 1150 g/mol. The highest BCUT2D eigenvalue weighted by atomic mass is 31.2. The third kappa shape index (κ3) is 61.6. The zero-order valence-corrected chi connectivity index (χ0v) is 54.6. The topological polar surface area (TPSA) is 114 Å². The van der Waals surface area contributed by atoms with Gasteiger partial charge in [0.05, 0.1) is 33.8 Å². The molecule has 1 amide bonds. The highest BCUT2D eigenvalue weighted by molar-refractivity contribution is 7.45. The van der Waals surface area contributed by atoms with Crippen molar-refractivity contribution in [2.45, 2.75) is 315 Å². The van der Waals surface area contributed by atoms with Gasteiger partial charge in [-0.3, -0.25) is 14.2 Å². The van der Waals surface area contributed by atoms with Crippen LogP contribution in [0.5, 0.6) is 0 Å². The zero-order chi connectivity index (χ0) is 59.3. The number of ether oxygens (including phenoxy) is 1. The van der Waals surface area contributed by atoms with E-state index in [1.54, 1.807) is 0 Å². The largest absolute Gasteiger partial charge is 0.756 e. The molecule has 0 aliphatic heterocycles. The molecule has 0 aromatic carbocycles. The Balaban J connectivity index is 5.05. The molecule has 3 atom stereocenters. The highest BCUT2D eigenvalue weighted by Crippen LogP contribution is 2.38. The molecule has 0 spiro atoms. The predicted molar refractivity (Wildman–Crippen MR) is 348 cm³/mol. The summed E-state index contributed by atoms with van der Waals surface area (Å²) in [7, 11) is 1.15. The van der Waals surface area contributed by atoms with E-state index >= 15 is 0 Å². The van der Waals surface area contributed by atoms with E-state index in [1.165, 1.54) is 186 Å². The van der Waals surface area contributed by atoms with Gasteiger partial charge in [0, 0.05) is 12.8 Å². The first-order valence-electron chi connectivity index (χ1n) is 33.9. The van der Waals surface area contributed by atoms with Crippen molar-refractivity contribution < 1.29 is 37.3 Å². The van der Waals surface area contributed by atoms with Gasteiger partial charge in [-0.1, -0.05) is 280 Å². The van der Waals surface area contributed by atoms with Gasteiger partial charge in [0.1, 0.15) is 19.3 Å². The molecular weight excluding hydrogens is 1020 g/mol. The minimum atomic E-state index is -4.72. The van der Waals surface area contributed by atoms with Crippen LogP contribution in [0.1, 0.15) is 303 Å². The first-order chi connectivity index (χ1) is 39.4. The lowest BCUT2D eigenvalue weighted by molar-refractivity contribution is -0.870. The van der Waals surface area contributed by atoms with E-state index in [1.807, 2.05) is 33.3 Å². The number of quaternary nitrogens is 1. The minimum Gasteiger partial charge on any atom is -0.756 e. The average molecular weight is 1150 g/mol. The van der Waals surface area contributed by atoms with Gasteiger partial charge in [0.15, 0.2) is 0 Å². The van der Waals surface area contributed by atoms with Crippen molar-refractivity contribution in [1.29, 1.82) is 0 Å². The summed E-state index contributed by atoms with van der Waals surface area (Å²) in [5, 5.41) is 3.00. The van der Waals surface area contributed by atoms with E-state index in [-0.39, 0.29) is 31.3 Å². The predicted octanol–water partition coefficient (Wildman–Crippen LogP) is 20.7. The second-order valence-corrected chi connectivity index (χ2v) is 25.4. The average Bonchev–Trinajstić information content (AvgIpc) is 3.44. The van der Waals surface area contributed by atoms with Crippen LogP contribution in [0.15, 0.2) is 85.1 Å². The van der Waals surface area contributed by atoms with E-state index in [2.05, 4.69) is 99.0 Å². The number of amides is 1. The molecule has 0 aromatic heterocycles. The van der Waals surface area contributed by atoms with Gasteiger partial charge in [0.2, 0.25) is 5.91 Å². The maximum Gasteiger partial charge on any atom is 0.306 e. The third-order valence-electron chi connectivity index (χ3n) is 14.8. The summed E-state index contributed by atoms with van der Waals surface area (Å²) in [6.07, 6.45) is 80.2. The maximum absolute atomic E-state index is 13.5. The van der Waals surface area contributed by atoms with Crippen molar-refractivity contribution in [3.8, 4) is 0 Å². The summed E-state index contributed by atoms with van der Waals surface area (Å²) < 4.78 is 30.3. The number of phosphoric ester groups is 1. The van der Waals surface area contributed by atoms with Crippen LogP contribution in [0.4, 0.5) is 0 Å². The summed E-state index contributed by atoms with van der Waals surface area (Å²) in [6.45, 7) is 6.69. The van der Waals surface area contributed by atoms with Gasteiger partial charge >= 0.3 is 5.97 Å². The first kappa shape index (κ1) is 78.2. The molecule has 0 fully saturated rings. The summed E-state index contributed by atoms with van der Waals surface area (Å²) in [4.78, 5) is 40.0. The van der Waals surface area contributed by atoms with Gasteiger partial charge in [0.25, 0.3) is 7.82 Å². The van der Waals surface area contributed by atoms with E-state index in [0.717, 1.165) is 77.0 Å². The number of allylic oxidation sites excluding steroid dienone is 13. The molecule has 0 aliphatic carbocycles. The Labute approximate surface area is 501 Å². The number of likely N-dealkylation sites (N-methyl/N-ethyl adjacent to an activating group) is 1. The Kier molecular flexibility index (Phi) is 58.2. The maximum atomic E-state index is 13.5. The van der Waals surface area contributed by atoms with Crippen LogP contribution < -0.4 is 10.2 Å². The minimum absolute atomic E-state index is 0.0351. The van der Waals surface area contributed by atoms with Crippen LogP contribution in [0.25, 0.3) is 0 Å². The van der Waals surface area contributed by atoms with Crippen LogP contribution in [0, 0.1) is 0 Å². The number of esters is 1. The summed E-state index contributed by atoms with van der Waals surface area (Å²) >= 11 is 0. The number of carbonyl (C=O) groups is 2. The van der Waals surface area contributed by atoms with Crippen molar-refractivity contribution in [2.75, 3.05) is 40.9 Å². The molecular formula is C71H129N2O7P. The fraction of sp³-hybridized carbons (Fsp3) is 0.775. The van der Waals surface area contributed by atoms with Gasteiger partial charge in [-0.05, 0) is 96.0 Å². The van der Waals surface area contributed by atoms with Crippen LogP contribution >= 0.6 is 7.82 Å². The molecule has 0 saturated carbocycles. The molecule has 9 nitrogen and oxygen atoms in total. The molecule has 470 valence electrons. The lowest BCUT2D eigenvalue weighted by atomic mass is 10.0. The third-order valence-corrected chi connectivity index (χ3v) is 15.8. The van der Waals surface area contributed by atoms with Crippen molar-refractivity contribution >= 4 is 19.7 Å². The van der Waals surface area contributed by atoms with Crippen molar-refractivity contribution in [3.63, 3.8) is 0 Å². The number of nitrogens with zero attached hydrogens (tertiary/aromatic N) is 1. The molecule has 0 radical (unpaired) electrons. The SMILES string of the molecule is CC/C=C\C/C=C\C/C=C\C/C=C\C/C=C\CCCC(=O)NC(COP(=O)([O-])OCC[N+](C)(C)C)C(/C=C\CCCCCCCCCCC)OC(=O)CCCCCCCCCCCCCCCCCCC/C=C/CCCCCCCC. The molecule has 81 heavy (non-hydrogen) atoms. The lowest BCUT2D eigenvalue weighted by Crippen LogP contribution is -2.47. The molecule has 0 aromatic rings. The number of phosphoric acid groups is 1. The molecule has 0 saturated heterocycles. The zero-order valence-electron chi connectivity index (χ0n) is 53.7. The Morgan fingerprint density at radius 1 is 0.444 bits per heavy atom. The number of hydrogen-bond donors (Lipinski definition) is 1. The molecule has 3 unspecified atom stereocenters. The van der Waals surface area contributed by atoms with Crippen molar-refractivity contribution in [3.05, 3.63) is 85.1 Å². The van der Waals surface area contributed by atoms with E-state index < -0.39 is 26.6 Å². The molecule has 0 aliphatic rings. The summed E-state index contributed by atoms with van der Waals surface area (Å²) in [6, 6.07) is -0.921. The van der Waals surface area contributed by atoms with E-state index in [0.29, 0.717) is 17.4 Å². The van der Waals surface area contributed by atoms with Crippen molar-refractivity contribution in [2.24, 2.45) is 0 Å². The number of rotatable bonds is 61. The second-order valence-electron chi connectivity index (χ2n) is 23.9. The highest BCUT2D eigenvalue weighted by Gasteiger charge is 2.27. The van der Waals surface area contributed by atoms with Crippen molar-refractivity contribution in [1.82, 2.24) is 5.32 Å². The van der Waals surface area contributed by atoms with Crippen LogP contribution in [-0.2, 0) is 27.9 Å². The Morgan fingerprint density at radius 3 is 1.22 bits per heavy atom. The molecule has 0 rings (SSSR count). The van der Waals surface area contributed by atoms with Gasteiger partial charge in [-0.25, -0.2) is 0 Å². The Morgan fingerprint density at radius 2 is 0.802 bits per heavy atom. The second kappa shape index (κ2) is 60.3. The van der Waals surface area contributed by atoms with E-state index in [4.69, 9.17) is 13.8 Å². The van der Waals surface area contributed by atoms with E-state index in [9.17, 15) is 19.0 Å². The lowest BCUT2D eigenvalue weighted by Gasteiger charge is -2.30. The number of carbonyl (C=O) groups excluding carboxylic acids is 2. The first-order valence-corrected chi connectivity index (χ1v) is 35.4. The molecule has 10 heteroatoms. The number of unbranched alkanes of at least 4 members (excludes halogenated alkanes) is 33. The molecule has 0 bridgehead atoms. The standard InChI is InChI=1S/C71H129N2O7P/c1-7-10-13-16-19-22-25-27-29-31-32-33-34-35-36-37-38-39-40-42-44-46-49-52-55-58-61-64-71(75)80-69(62-59-56-53-50-47-24-21-18-15-12-9-3)68(67-79-81(76,77)78-66-65-73(4,5)6)72-70(74)63-60-57-54-51-48-45-43-41-30-28-26-23-20-17-14-11-8-2/h11,14,20,23,27-30,43,45,51,54,59,62,68-69H,7-10,12-13,15-19,21-22,24-26,31-42,44,46-50,52-53,55-58,60-61,63-67H2,1-6H3,(H-,72,74,76,77)/b14-11-,23-20-,29-27+,30-28-,45-43-,54-51-,62-59-. The quantitative estimate of drug-likeness (QED) is 0.0212. The fourth-order valence-corrected chi connectivity index (χ4v) is 10.3. The molecule has 0 heterocycles. The number of hydrogen-bond acceptors (Lipinski definition) is 7.